The van der Waals surface area contributed by atoms with Crippen molar-refractivity contribution in [1.29, 1.82) is 0 Å². The predicted octanol–water partition coefficient (Wildman–Crippen LogP) is 0.0469. The second kappa shape index (κ2) is 6.50. The molecule has 0 radical (unpaired) electrons. The number of esters is 1. The average molecular weight is 255 g/mol. The van der Waals surface area contributed by atoms with Gasteiger partial charge in [-0.2, -0.15) is 0 Å². The summed E-state index contributed by atoms with van der Waals surface area (Å²) in [4.78, 5) is 16.4. The van der Waals surface area contributed by atoms with Gasteiger partial charge in [-0.15, -0.1) is 0 Å². The molecule has 1 saturated carbocycles. The molecule has 5 nitrogen and oxygen atoms in total. The van der Waals surface area contributed by atoms with Gasteiger partial charge in [-0.1, -0.05) is 12.8 Å². The molecule has 1 heterocycles. The first-order valence-electron chi connectivity index (χ1n) is 7.02. The van der Waals surface area contributed by atoms with Gasteiger partial charge in [0.1, 0.15) is 6.04 Å². The minimum atomic E-state index is -0.263. The van der Waals surface area contributed by atoms with E-state index in [9.17, 15) is 4.79 Å². The van der Waals surface area contributed by atoms with Crippen LogP contribution in [0.5, 0.6) is 0 Å². The van der Waals surface area contributed by atoms with Crippen molar-refractivity contribution in [2.45, 2.75) is 37.8 Å². The molecule has 2 N–H and O–H groups in total. The van der Waals surface area contributed by atoms with E-state index in [0.29, 0.717) is 6.54 Å². The lowest BCUT2D eigenvalue weighted by Crippen LogP contribution is -2.56. The lowest BCUT2D eigenvalue weighted by atomic mass is 10.1. The maximum atomic E-state index is 11.6. The van der Waals surface area contributed by atoms with Gasteiger partial charge >= 0.3 is 5.97 Å². The monoisotopic (exact) mass is 255 g/mol. The fourth-order valence-electron chi connectivity index (χ4n) is 3.21. The van der Waals surface area contributed by atoms with Crippen LogP contribution in [0.15, 0.2) is 0 Å². The van der Waals surface area contributed by atoms with Crippen LogP contribution in [-0.4, -0.2) is 67.7 Å². The van der Waals surface area contributed by atoms with E-state index < -0.39 is 0 Å². The first-order valence-corrected chi connectivity index (χ1v) is 7.02. The van der Waals surface area contributed by atoms with E-state index in [2.05, 4.69) is 9.80 Å². The Kier molecular flexibility index (Phi) is 4.97. The van der Waals surface area contributed by atoms with Crippen molar-refractivity contribution in [2.24, 2.45) is 5.73 Å². The van der Waals surface area contributed by atoms with Gasteiger partial charge in [0.05, 0.1) is 7.11 Å². The van der Waals surface area contributed by atoms with Crippen LogP contribution in [0.2, 0.25) is 0 Å². The van der Waals surface area contributed by atoms with Gasteiger partial charge < -0.3 is 10.5 Å². The lowest BCUT2D eigenvalue weighted by molar-refractivity contribution is -0.147. The standard InChI is InChI=1S/C13H25N3O2/c1-18-13(17)12(10-14)16-8-6-15(7-9-16)11-4-2-3-5-11/h11-12H,2-10,14H2,1H3. The normalized spacial score (nSPS) is 25.2. The van der Waals surface area contributed by atoms with E-state index in [1.165, 1.54) is 32.8 Å². The van der Waals surface area contributed by atoms with Crippen molar-refractivity contribution in [3.63, 3.8) is 0 Å². The van der Waals surface area contributed by atoms with Crippen LogP contribution in [-0.2, 0) is 9.53 Å². The van der Waals surface area contributed by atoms with Crippen LogP contribution in [0, 0.1) is 0 Å². The summed E-state index contributed by atoms with van der Waals surface area (Å²) in [5, 5.41) is 0. The number of nitrogens with zero attached hydrogens (tertiary/aromatic N) is 2. The van der Waals surface area contributed by atoms with Gasteiger partial charge in [0.2, 0.25) is 0 Å². The number of ether oxygens (including phenoxy) is 1. The Bertz CT molecular complexity index is 271. The van der Waals surface area contributed by atoms with Gasteiger partial charge in [0.15, 0.2) is 0 Å². The molecule has 0 spiro atoms. The molecule has 1 aliphatic carbocycles. The number of rotatable bonds is 4. The number of carbonyl (C=O) groups is 1. The zero-order valence-corrected chi connectivity index (χ0v) is 11.3. The van der Waals surface area contributed by atoms with Crippen LogP contribution in [0.3, 0.4) is 0 Å². The number of methoxy groups -OCH3 is 1. The first kappa shape index (κ1) is 13.8. The summed E-state index contributed by atoms with van der Waals surface area (Å²) < 4.78 is 4.81. The Morgan fingerprint density at radius 3 is 2.39 bits per heavy atom. The highest BCUT2D eigenvalue weighted by Gasteiger charge is 2.31. The van der Waals surface area contributed by atoms with Crippen LogP contribution in [0.1, 0.15) is 25.7 Å². The maximum absolute atomic E-state index is 11.6. The van der Waals surface area contributed by atoms with Crippen LogP contribution in [0.4, 0.5) is 0 Å². The molecular formula is C13H25N3O2. The lowest BCUT2D eigenvalue weighted by Gasteiger charge is -2.40. The van der Waals surface area contributed by atoms with Crippen molar-refractivity contribution < 1.29 is 9.53 Å². The second-order valence-corrected chi connectivity index (χ2v) is 5.28. The quantitative estimate of drug-likeness (QED) is 0.719. The zero-order valence-electron chi connectivity index (χ0n) is 11.3. The highest BCUT2D eigenvalue weighted by molar-refractivity contribution is 5.75. The predicted molar refractivity (Wildman–Crippen MR) is 70.3 cm³/mol. The smallest absolute Gasteiger partial charge is 0.324 e. The molecule has 1 unspecified atom stereocenters. The summed E-state index contributed by atoms with van der Waals surface area (Å²) in [6.45, 7) is 4.30. The summed E-state index contributed by atoms with van der Waals surface area (Å²) in [6.07, 6.45) is 5.44. The molecule has 2 aliphatic rings. The summed E-state index contributed by atoms with van der Waals surface area (Å²) in [7, 11) is 1.43. The van der Waals surface area contributed by atoms with Crippen molar-refractivity contribution in [1.82, 2.24) is 9.80 Å². The summed E-state index contributed by atoms with van der Waals surface area (Å²) in [6, 6.07) is 0.516. The average Bonchev–Trinajstić information content (AvgIpc) is 2.94. The van der Waals surface area contributed by atoms with E-state index in [-0.39, 0.29) is 12.0 Å². The molecule has 0 aromatic heterocycles. The fourth-order valence-corrected chi connectivity index (χ4v) is 3.21. The molecule has 0 amide bonds. The van der Waals surface area contributed by atoms with Gasteiger partial charge in [-0.05, 0) is 12.8 Å². The van der Waals surface area contributed by atoms with Gasteiger partial charge in [0, 0.05) is 38.8 Å². The molecule has 1 aliphatic heterocycles. The maximum Gasteiger partial charge on any atom is 0.324 e. The molecule has 0 aromatic carbocycles. The van der Waals surface area contributed by atoms with Crippen molar-refractivity contribution in [3.05, 3.63) is 0 Å². The molecule has 18 heavy (non-hydrogen) atoms. The minimum Gasteiger partial charge on any atom is -0.468 e. The zero-order chi connectivity index (χ0) is 13.0. The molecule has 0 aromatic rings. The number of hydrogen-bond acceptors (Lipinski definition) is 5. The first-order chi connectivity index (χ1) is 8.76. The minimum absolute atomic E-state index is 0.202. The van der Waals surface area contributed by atoms with Crippen molar-refractivity contribution in [3.8, 4) is 0 Å². The molecule has 1 atom stereocenters. The fraction of sp³-hybridized carbons (Fsp3) is 0.923. The Hall–Kier alpha value is -0.650. The van der Waals surface area contributed by atoms with E-state index in [4.69, 9.17) is 10.5 Å². The number of piperazine rings is 1. The highest BCUT2D eigenvalue weighted by atomic mass is 16.5. The topological polar surface area (TPSA) is 58.8 Å². The molecule has 1 saturated heterocycles. The molecule has 0 bridgehead atoms. The van der Waals surface area contributed by atoms with Gasteiger partial charge in [-0.3, -0.25) is 14.6 Å². The van der Waals surface area contributed by atoms with Crippen LogP contribution >= 0.6 is 0 Å². The molecule has 104 valence electrons. The van der Waals surface area contributed by atoms with Crippen molar-refractivity contribution in [2.75, 3.05) is 39.8 Å². The van der Waals surface area contributed by atoms with Crippen LogP contribution < -0.4 is 5.73 Å². The third kappa shape index (κ3) is 3.02. The second-order valence-electron chi connectivity index (χ2n) is 5.28. The molecule has 5 heteroatoms. The largest absolute Gasteiger partial charge is 0.468 e. The highest BCUT2D eigenvalue weighted by Crippen LogP contribution is 2.24. The summed E-state index contributed by atoms with van der Waals surface area (Å²) in [5.74, 6) is -0.202. The van der Waals surface area contributed by atoms with E-state index in [0.717, 1.165) is 32.2 Å². The molecule has 2 fully saturated rings. The summed E-state index contributed by atoms with van der Waals surface area (Å²) in [5.41, 5.74) is 5.68. The Morgan fingerprint density at radius 2 is 1.89 bits per heavy atom. The van der Waals surface area contributed by atoms with E-state index in [1.54, 1.807) is 0 Å². The Balaban J connectivity index is 1.83. The van der Waals surface area contributed by atoms with Crippen molar-refractivity contribution >= 4 is 5.97 Å². The third-order valence-electron chi connectivity index (χ3n) is 4.33. The SMILES string of the molecule is COC(=O)C(CN)N1CCN(C2CCCC2)CC1. The number of carbonyl (C=O) groups excluding carboxylic acids is 1. The van der Waals surface area contributed by atoms with Crippen LogP contribution in [0.25, 0.3) is 0 Å². The van der Waals surface area contributed by atoms with Gasteiger partial charge in [0.25, 0.3) is 0 Å². The summed E-state index contributed by atoms with van der Waals surface area (Å²) >= 11 is 0. The molecule has 2 rings (SSSR count). The number of hydrogen-bond donors (Lipinski definition) is 1. The molecular weight excluding hydrogens is 230 g/mol. The van der Waals surface area contributed by atoms with E-state index >= 15 is 0 Å². The van der Waals surface area contributed by atoms with E-state index in [1.807, 2.05) is 0 Å². The Morgan fingerprint density at radius 1 is 1.28 bits per heavy atom. The third-order valence-corrected chi connectivity index (χ3v) is 4.33. The van der Waals surface area contributed by atoms with Gasteiger partial charge in [-0.25, -0.2) is 0 Å². The Labute approximate surface area is 109 Å². The number of nitrogens with two attached hydrogens (primary N) is 1.